The normalized spacial score (nSPS) is 11.8. The van der Waals surface area contributed by atoms with Crippen LogP contribution in [0.15, 0.2) is 73.8 Å². The number of aromatic nitrogens is 1. The molecule has 7 heteroatoms. The third-order valence-corrected chi connectivity index (χ3v) is 6.79. The molecule has 5 aromatic carbocycles. The summed E-state index contributed by atoms with van der Waals surface area (Å²) >= 11 is 0. The van der Waals surface area contributed by atoms with E-state index < -0.39 is 33.5 Å². The van der Waals surface area contributed by atoms with E-state index in [0.29, 0.717) is 5.69 Å². The van der Waals surface area contributed by atoms with Crippen LogP contribution < -0.4 is 22.0 Å². The van der Waals surface area contributed by atoms with Gasteiger partial charge in [-0.3, -0.25) is 19.2 Å². The standard InChI is InChI=1S/C28H17NO6/c1-12-6-5-7-13(2)22(12)29-27(34)18-10-16-17(11-19(18)28(29)35)26(33)21-20(25(16)32)23(30)14-8-3-4-9-15(14)24(21)31/h3-11,32-33H,1-2H3. The Balaban J connectivity index is 1.85. The van der Waals surface area contributed by atoms with Crippen LogP contribution in [0, 0.1) is 13.8 Å². The second-order valence-electron chi connectivity index (χ2n) is 8.78. The van der Waals surface area contributed by atoms with Crippen molar-refractivity contribution in [3.05, 3.63) is 107 Å². The van der Waals surface area contributed by atoms with Gasteiger partial charge in [-0.15, -0.1) is 0 Å². The van der Waals surface area contributed by atoms with Crippen LogP contribution in [0.5, 0.6) is 11.5 Å². The molecule has 0 saturated carbocycles. The maximum absolute atomic E-state index is 13.4. The molecule has 0 amide bonds. The first-order valence-electron chi connectivity index (χ1n) is 10.9. The lowest BCUT2D eigenvalue weighted by Gasteiger charge is -2.10. The lowest BCUT2D eigenvalue weighted by Crippen LogP contribution is -2.25. The Morgan fingerprint density at radius 1 is 0.571 bits per heavy atom. The summed E-state index contributed by atoms with van der Waals surface area (Å²) < 4.78 is 1.08. The smallest absolute Gasteiger partial charge is 0.266 e. The van der Waals surface area contributed by atoms with Gasteiger partial charge >= 0.3 is 0 Å². The maximum atomic E-state index is 13.4. The van der Waals surface area contributed by atoms with Crippen molar-refractivity contribution in [1.29, 1.82) is 0 Å². The van der Waals surface area contributed by atoms with E-state index in [2.05, 4.69) is 0 Å². The zero-order chi connectivity index (χ0) is 24.8. The minimum Gasteiger partial charge on any atom is -0.506 e. The summed E-state index contributed by atoms with van der Waals surface area (Å²) in [6, 6.07) is 14.2. The molecule has 0 fully saturated rings. The monoisotopic (exact) mass is 463 g/mol. The van der Waals surface area contributed by atoms with Gasteiger partial charge in [-0.1, -0.05) is 42.5 Å². The zero-order valence-electron chi connectivity index (χ0n) is 18.7. The molecule has 6 aromatic rings. The van der Waals surface area contributed by atoms with E-state index in [4.69, 9.17) is 0 Å². The number of rotatable bonds is 1. The zero-order valence-corrected chi connectivity index (χ0v) is 18.7. The predicted molar refractivity (Wildman–Crippen MR) is 136 cm³/mol. The van der Waals surface area contributed by atoms with Crippen molar-refractivity contribution in [3.8, 4) is 17.2 Å². The van der Waals surface area contributed by atoms with E-state index in [-0.39, 0.29) is 43.1 Å². The third-order valence-electron chi connectivity index (χ3n) is 6.79. The molecule has 2 N–H and O–H groups in total. The van der Waals surface area contributed by atoms with Crippen molar-refractivity contribution in [2.75, 3.05) is 0 Å². The molecule has 6 rings (SSSR count). The minimum absolute atomic E-state index is 0.00466. The van der Waals surface area contributed by atoms with Gasteiger partial charge in [0.05, 0.1) is 27.2 Å². The molecule has 0 unspecified atom stereocenters. The Kier molecular flexibility index (Phi) is 4.08. The fourth-order valence-electron chi connectivity index (χ4n) is 5.14. The minimum atomic E-state index is -0.607. The summed E-state index contributed by atoms with van der Waals surface area (Å²) in [5.41, 5.74) is -0.424. The summed E-state index contributed by atoms with van der Waals surface area (Å²) in [6.07, 6.45) is 0. The van der Waals surface area contributed by atoms with Crippen LogP contribution in [0.25, 0.3) is 48.8 Å². The number of phenols is 2. The number of aryl methyl sites for hydroxylation is 2. The van der Waals surface area contributed by atoms with Gasteiger partial charge in [-0.25, -0.2) is 4.57 Å². The molecule has 0 radical (unpaired) electrons. The highest BCUT2D eigenvalue weighted by Crippen LogP contribution is 2.40. The van der Waals surface area contributed by atoms with Crippen LogP contribution in [-0.4, -0.2) is 14.8 Å². The lowest BCUT2D eigenvalue weighted by atomic mass is 9.95. The number of hydrogen-bond donors (Lipinski definition) is 2. The maximum Gasteiger partial charge on any atom is 0.266 e. The van der Waals surface area contributed by atoms with Gasteiger partial charge in [0.2, 0.25) is 0 Å². The number of fused-ring (bicyclic) bond motifs is 4. The van der Waals surface area contributed by atoms with Crippen molar-refractivity contribution in [2.45, 2.75) is 13.8 Å². The van der Waals surface area contributed by atoms with Gasteiger partial charge in [0.1, 0.15) is 11.5 Å². The van der Waals surface area contributed by atoms with E-state index in [1.54, 1.807) is 38.1 Å². The molecule has 7 nitrogen and oxygen atoms in total. The molecule has 0 aliphatic heterocycles. The lowest BCUT2D eigenvalue weighted by molar-refractivity contribution is 0.478. The Morgan fingerprint density at radius 3 is 1.43 bits per heavy atom. The summed E-state index contributed by atoms with van der Waals surface area (Å²) in [4.78, 5) is 53.1. The highest BCUT2D eigenvalue weighted by Gasteiger charge is 2.24. The molecule has 0 saturated heterocycles. The van der Waals surface area contributed by atoms with E-state index in [1.165, 1.54) is 24.3 Å². The van der Waals surface area contributed by atoms with Gasteiger partial charge in [0.15, 0.2) is 10.9 Å². The van der Waals surface area contributed by atoms with Gasteiger partial charge < -0.3 is 10.2 Å². The quantitative estimate of drug-likeness (QED) is 0.285. The van der Waals surface area contributed by atoms with Crippen LogP contribution in [0.4, 0.5) is 0 Å². The predicted octanol–water partition coefficient (Wildman–Crippen LogP) is 3.43. The molecule has 0 bridgehead atoms. The van der Waals surface area contributed by atoms with Crippen molar-refractivity contribution in [3.63, 3.8) is 0 Å². The van der Waals surface area contributed by atoms with Gasteiger partial charge in [0.25, 0.3) is 11.1 Å². The van der Waals surface area contributed by atoms with Crippen LogP contribution in [0.3, 0.4) is 0 Å². The Bertz CT molecular complexity index is 1980. The second kappa shape index (κ2) is 6.87. The van der Waals surface area contributed by atoms with Crippen molar-refractivity contribution in [1.82, 2.24) is 4.57 Å². The number of para-hydroxylation sites is 1. The van der Waals surface area contributed by atoms with Crippen LogP contribution in [-0.2, 0) is 0 Å². The number of aromatic hydroxyl groups is 2. The van der Waals surface area contributed by atoms with Crippen molar-refractivity contribution < 1.29 is 10.2 Å². The van der Waals surface area contributed by atoms with Crippen molar-refractivity contribution in [2.24, 2.45) is 0 Å². The average Bonchev–Trinajstić information content (AvgIpc) is 3.08. The van der Waals surface area contributed by atoms with Crippen LogP contribution in [0.2, 0.25) is 0 Å². The molecule has 1 heterocycles. The molecule has 1 aromatic heterocycles. The number of nitrogens with zero attached hydrogens (tertiary/aromatic N) is 1. The molecule has 0 aliphatic rings. The Labute approximate surface area is 196 Å². The fraction of sp³-hybridized carbons (Fsp3) is 0.0714. The molecule has 170 valence electrons. The molecule has 35 heavy (non-hydrogen) atoms. The summed E-state index contributed by atoms with van der Waals surface area (Å²) in [6.45, 7) is 3.59. The first-order valence-corrected chi connectivity index (χ1v) is 10.9. The van der Waals surface area contributed by atoms with E-state index >= 15 is 0 Å². The first-order chi connectivity index (χ1) is 16.7. The number of phenolic OH excluding ortho intramolecular Hbond substituents is 2. The van der Waals surface area contributed by atoms with Crippen LogP contribution in [0.1, 0.15) is 11.1 Å². The fourth-order valence-corrected chi connectivity index (χ4v) is 5.14. The summed E-state index contributed by atoms with van der Waals surface area (Å²) in [5.74, 6) is -1.04. The molecule has 0 atom stereocenters. The second-order valence-corrected chi connectivity index (χ2v) is 8.78. The summed E-state index contributed by atoms with van der Waals surface area (Å²) in [5, 5.41) is 21.9. The van der Waals surface area contributed by atoms with Gasteiger partial charge in [0, 0.05) is 21.5 Å². The van der Waals surface area contributed by atoms with E-state index in [9.17, 15) is 29.4 Å². The highest BCUT2D eigenvalue weighted by molar-refractivity contribution is 6.16. The SMILES string of the molecule is Cc1cccc(C)c1-n1c(=O)c2cc3c(O)c4c(=O)c5ccccc5c(=O)c4c(O)c3cc2c1=O. The Morgan fingerprint density at radius 2 is 1.00 bits per heavy atom. The largest absolute Gasteiger partial charge is 0.506 e. The number of hydrogen-bond acceptors (Lipinski definition) is 6. The third kappa shape index (κ3) is 2.55. The Hall–Kier alpha value is -4.78. The first kappa shape index (κ1) is 20.8. The van der Waals surface area contributed by atoms with Crippen molar-refractivity contribution >= 4 is 43.1 Å². The topological polar surface area (TPSA) is 114 Å². The van der Waals surface area contributed by atoms with E-state index in [0.717, 1.165) is 15.7 Å². The summed E-state index contributed by atoms with van der Waals surface area (Å²) in [7, 11) is 0. The molecule has 0 spiro atoms. The highest BCUT2D eigenvalue weighted by atomic mass is 16.3. The van der Waals surface area contributed by atoms with Gasteiger partial charge in [-0.2, -0.15) is 0 Å². The number of benzene rings is 5. The average molecular weight is 463 g/mol. The van der Waals surface area contributed by atoms with Gasteiger partial charge in [-0.05, 0) is 37.1 Å². The molecule has 0 aliphatic carbocycles. The molecular weight excluding hydrogens is 446 g/mol. The van der Waals surface area contributed by atoms with E-state index in [1.807, 2.05) is 6.07 Å². The van der Waals surface area contributed by atoms with Crippen LogP contribution >= 0.6 is 0 Å². The molecular formula is C28H17NO6.